The minimum Gasteiger partial charge on any atom is -0.429 e. The summed E-state index contributed by atoms with van der Waals surface area (Å²) in [5.74, 6) is -4.69. The fourth-order valence-electron chi connectivity index (χ4n) is 2.63. The molecule has 0 saturated carbocycles. The third-order valence-electron chi connectivity index (χ3n) is 4.01. The third kappa shape index (κ3) is 1.95. The third-order valence-corrected chi connectivity index (χ3v) is 4.01. The van der Waals surface area contributed by atoms with E-state index >= 15 is 0 Å². The van der Waals surface area contributed by atoms with E-state index in [1.807, 2.05) is 0 Å². The minimum absolute atomic E-state index is 0.0322. The zero-order valence-corrected chi connectivity index (χ0v) is 12.5. The number of ether oxygens (including phenoxy) is 6. The maximum Gasteiger partial charge on any atom is 0.413 e. The molecular weight excluding hydrogens is 324 g/mol. The summed E-state index contributed by atoms with van der Waals surface area (Å²) in [5, 5.41) is 0. The maximum atomic E-state index is 11.6. The highest BCUT2D eigenvalue weighted by molar-refractivity contribution is 5.84. The van der Waals surface area contributed by atoms with Crippen LogP contribution in [0.15, 0.2) is 38.0 Å². The molecule has 24 heavy (non-hydrogen) atoms. The Labute approximate surface area is 136 Å². The first-order valence-electron chi connectivity index (χ1n) is 6.88. The quantitative estimate of drug-likeness (QED) is 0.279. The second-order valence-electron chi connectivity index (χ2n) is 5.19. The summed E-state index contributed by atoms with van der Waals surface area (Å²) in [4.78, 5) is 34.6. The molecule has 0 bridgehead atoms. The van der Waals surface area contributed by atoms with Gasteiger partial charge in [-0.2, -0.15) is 0 Å². The molecule has 9 heteroatoms. The lowest BCUT2D eigenvalue weighted by atomic mass is 9.76. The Bertz CT molecular complexity index is 627. The molecule has 3 saturated heterocycles. The average Bonchev–Trinajstić information content (AvgIpc) is 3.28. The van der Waals surface area contributed by atoms with E-state index in [-0.39, 0.29) is 13.2 Å². The molecule has 0 aromatic rings. The number of fused-ring (bicyclic) bond motifs is 1. The van der Waals surface area contributed by atoms with Gasteiger partial charge in [-0.05, 0) is 0 Å². The SMILES string of the molecule is C=CC(=O)OC1OC12COC21COC1(OC(=O)C=C)OC(=O)C=C. The van der Waals surface area contributed by atoms with Crippen molar-refractivity contribution in [1.82, 2.24) is 0 Å². The van der Waals surface area contributed by atoms with Crippen LogP contribution in [0.25, 0.3) is 0 Å². The minimum atomic E-state index is -2.18. The van der Waals surface area contributed by atoms with Gasteiger partial charge >= 0.3 is 23.9 Å². The van der Waals surface area contributed by atoms with Gasteiger partial charge in [-0.25, -0.2) is 14.4 Å². The van der Waals surface area contributed by atoms with Crippen molar-refractivity contribution in [2.45, 2.75) is 23.5 Å². The van der Waals surface area contributed by atoms with Crippen LogP contribution in [0, 0.1) is 0 Å². The van der Waals surface area contributed by atoms with Gasteiger partial charge in [0.25, 0.3) is 0 Å². The Balaban J connectivity index is 1.85. The second-order valence-corrected chi connectivity index (χ2v) is 5.19. The van der Waals surface area contributed by atoms with Crippen molar-refractivity contribution in [3.05, 3.63) is 38.0 Å². The summed E-state index contributed by atoms with van der Waals surface area (Å²) in [7, 11) is 0. The molecular formula is C15H14O9. The summed E-state index contributed by atoms with van der Waals surface area (Å²) in [5.41, 5.74) is -2.60. The monoisotopic (exact) mass is 338 g/mol. The second kappa shape index (κ2) is 5.26. The van der Waals surface area contributed by atoms with Gasteiger partial charge in [-0.1, -0.05) is 19.7 Å². The van der Waals surface area contributed by atoms with Crippen molar-refractivity contribution in [3.8, 4) is 0 Å². The summed E-state index contributed by atoms with van der Waals surface area (Å²) in [6.07, 6.45) is 1.74. The van der Waals surface area contributed by atoms with Crippen molar-refractivity contribution in [1.29, 1.82) is 0 Å². The molecule has 0 radical (unpaired) electrons. The maximum absolute atomic E-state index is 11.6. The van der Waals surface area contributed by atoms with E-state index in [1.54, 1.807) is 0 Å². The van der Waals surface area contributed by atoms with E-state index in [0.717, 1.165) is 18.2 Å². The molecule has 128 valence electrons. The molecule has 3 heterocycles. The van der Waals surface area contributed by atoms with Gasteiger partial charge in [0.15, 0.2) is 5.60 Å². The van der Waals surface area contributed by atoms with E-state index in [0.29, 0.717) is 0 Å². The topological polar surface area (TPSA) is 110 Å². The first-order chi connectivity index (χ1) is 11.4. The zero-order chi connectivity index (χ0) is 17.6. The molecule has 3 aliphatic rings. The van der Waals surface area contributed by atoms with Gasteiger partial charge in [0, 0.05) is 18.2 Å². The van der Waals surface area contributed by atoms with Gasteiger partial charge in [-0.3, -0.25) is 0 Å². The van der Waals surface area contributed by atoms with Crippen molar-refractivity contribution in [2.75, 3.05) is 13.2 Å². The molecule has 3 rings (SSSR count). The zero-order valence-electron chi connectivity index (χ0n) is 12.5. The Morgan fingerprint density at radius 2 is 1.50 bits per heavy atom. The van der Waals surface area contributed by atoms with Crippen LogP contribution in [0.2, 0.25) is 0 Å². The van der Waals surface area contributed by atoms with Crippen LogP contribution in [-0.2, 0) is 42.8 Å². The molecule has 2 spiro atoms. The number of esters is 3. The van der Waals surface area contributed by atoms with Gasteiger partial charge in [0.1, 0.15) is 0 Å². The first kappa shape index (κ1) is 16.4. The largest absolute Gasteiger partial charge is 0.429 e. The molecule has 0 aliphatic carbocycles. The average molecular weight is 338 g/mol. The normalized spacial score (nSPS) is 34.2. The summed E-state index contributed by atoms with van der Waals surface area (Å²) in [6, 6.07) is 0. The van der Waals surface area contributed by atoms with Crippen LogP contribution in [0.5, 0.6) is 0 Å². The molecule has 0 N–H and O–H groups in total. The van der Waals surface area contributed by atoms with Crippen molar-refractivity contribution >= 4 is 17.9 Å². The number of hydrogen-bond acceptors (Lipinski definition) is 9. The lowest BCUT2D eigenvalue weighted by Crippen LogP contribution is -2.85. The molecule has 3 fully saturated rings. The smallest absolute Gasteiger partial charge is 0.413 e. The van der Waals surface area contributed by atoms with Crippen molar-refractivity contribution < 1.29 is 42.8 Å². The standard InChI is InChI=1S/C15H14O9/c1-4-9(16)21-12-13(24-12)7-19-14(13)8-20-15(14,22-10(17)5-2)23-11(18)6-3/h4-6,12H,1-3,7-8H2. The number of rotatable bonds is 6. The van der Waals surface area contributed by atoms with Crippen LogP contribution in [0.4, 0.5) is 0 Å². The van der Waals surface area contributed by atoms with E-state index in [4.69, 9.17) is 28.4 Å². The molecule has 3 unspecified atom stereocenters. The summed E-state index contributed by atoms with van der Waals surface area (Å²) < 4.78 is 31.3. The molecule has 9 nitrogen and oxygen atoms in total. The van der Waals surface area contributed by atoms with Gasteiger partial charge in [0.05, 0.1) is 13.2 Å². The molecule has 0 amide bonds. The van der Waals surface area contributed by atoms with Gasteiger partial charge in [-0.15, -0.1) is 0 Å². The number of carbonyl (C=O) groups is 3. The van der Waals surface area contributed by atoms with Gasteiger partial charge in [0.2, 0.25) is 11.9 Å². The first-order valence-corrected chi connectivity index (χ1v) is 6.88. The highest BCUT2D eigenvalue weighted by Gasteiger charge is 2.93. The fourth-order valence-corrected chi connectivity index (χ4v) is 2.63. The number of hydrogen-bond donors (Lipinski definition) is 0. The highest BCUT2D eigenvalue weighted by Crippen LogP contribution is 2.65. The molecule has 3 atom stereocenters. The molecule has 0 aromatic heterocycles. The van der Waals surface area contributed by atoms with Crippen molar-refractivity contribution in [3.63, 3.8) is 0 Å². The fraction of sp³-hybridized carbons (Fsp3) is 0.400. The Hall–Kier alpha value is -2.49. The van der Waals surface area contributed by atoms with E-state index in [9.17, 15) is 14.4 Å². The number of epoxide rings is 1. The van der Waals surface area contributed by atoms with Crippen molar-refractivity contribution in [2.24, 2.45) is 0 Å². The predicted octanol–water partition coefficient (Wildman–Crippen LogP) is -0.278. The summed E-state index contributed by atoms with van der Waals surface area (Å²) in [6.45, 7) is 9.75. The van der Waals surface area contributed by atoms with Crippen LogP contribution in [0.1, 0.15) is 0 Å². The summed E-state index contributed by atoms with van der Waals surface area (Å²) >= 11 is 0. The van der Waals surface area contributed by atoms with Crippen LogP contribution < -0.4 is 0 Å². The van der Waals surface area contributed by atoms with Crippen LogP contribution in [0.3, 0.4) is 0 Å². The lowest BCUT2D eigenvalue weighted by Gasteiger charge is -2.60. The van der Waals surface area contributed by atoms with E-state index in [1.165, 1.54) is 0 Å². The predicted molar refractivity (Wildman–Crippen MR) is 73.8 cm³/mol. The number of carbonyl (C=O) groups excluding carboxylic acids is 3. The van der Waals surface area contributed by atoms with E-state index < -0.39 is 41.4 Å². The van der Waals surface area contributed by atoms with Crippen LogP contribution >= 0.6 is 0 Å². The Kier molecular flexibility index (Phi) is 3.59. The van der Waals surface area contributed by atoms with Gasteiger partial charge < -0.3 is 28.4 Å². The Morgan fingerprint density at radius 3 is 1.88 bits per heavy atom. The molecule has 0 aromatic carbocycles. The highest BCUT2D eigenvalue weighted by atomic mass is 16.9. The molecule has 3 aliphatic heterocycles. The van der Waals surface area contributed by atoms with E-state index in [2.05, 4.69) is 19.7 Å². The Morgan fingerprint density at radius 1 is 0.917 bits per heavy atom. The lowest BCUT2D eigenvalue weighted by molar-refractivity contribution is -0.530. The van der Waals surface area contributed by atoms with Crippen LogP contribution in [-0.4, -0.2) is 54.6 Å².